The van der Waals surface area contributed by atoms with E-state index in [0.717, 1.165) is 29.4 Å². The predicted molar refractivity (Wildman–Crippen MR) is 79.4 cm³/mol. The Kier molecular flexibility index (Phi) is 5.28. The minimum absolute atomic E-state index is 0.189. The van der Waals surface area contributed by atoms with Crippen LogP contribution in [0.4, 0.5) is 8.78 Å². The van der Waals surface area contributed by atoms with Gasteiger partial charge >= 0.3 is 0 Å². The van der Waals surface area contributed by atoms with Gasteiger partial charge in [-0.2, -0.15) is 0 Å². The molecule has 4 heteroatoms. The highest BCUT2D eigenvalue weighted by atomic mass is 19.2. The van der Waals surface area contributed by atoms with Crippen molar-refractivity contribution in [2.24, 2.45) is 0 Å². The van der Waals surface area contributed by atoms with Crippen molar-refractivity contribution in [2.45, 2.75) is 25.9 Å². The number of methoxy groups -OCH3 is 1. The molecule has 0 aromatic heterocycles. The van der Waals surface area contributed by atoms with Crippen molar-refractivity contribution < 1.29 is 13.5 Å². The van der Waals surface area contributed by atoms with Gasteiger partial charge in [-0.1, -0.05) is 24.3 Å². The average Bonchev–Trinajstić information content (AvgIpc) is 2.49. The smallest absolute Gasteiger partial charge is 0.159 e. The van der Waals surface area contributed by atoms with E-state index in [2.05, 4.69) is 5.32 Å². The summed E-state index contributed by atoms with van der Waals surface area (Å²) in [7, 11) is 1.65. The van der Waals surface area contributed by atoms with Gasteiger partial charge in [0.05, 0.1) is 7.11 Å². The molecule has 2 aromatic carbocycles. The second-order valence-electron chi connectivity index (χ2n) is 5.05. The minimum atomic E-state index is -0.819. The van der Waals surface area contributed by atoms with E-state index in [1.807, 2.05) is 31.2 Å². The summed E-state index contributed by atoms with van der Waals surface area (Å²) in [5, 5.41) is 3.30. The minimum Gasteiger partial charge on any atom is -0.496 e. The summed E-state index contributed by atoms with van der Waals surface area (Å²) in [4.78, 5) is 0. The number of halogens is 2. The van der Waals surface area contributed by atoms with Crippen molar-refractivity contribution in [2.75, 3.05) is 7.11 Å². The molecule has 2 nitrogen and oxygen atoms in total. The molecule has 0 saturated heterocycles. The van der Waals surface area contributed by atoms with Gasteiger partial charge in [0.25, 0.3) is 0 Å². The number of benzene rings is 2. The lowest BCUT2D eigenvalue weighted by Gasteiger charge is -2.16. The highest BCUT2D eigenvalue weighted by Crippen LogP contribution is 2.19. The van der Waals surface area contributed by atoms with Gasteiger partial charge in [0.2, 0.25) is 0 Å². The van der Waals surface area contributed by atoms with Crippen LogP contribution in [0.5, 0.6) is 5.75 Å². The molecule has 0 amide bonds. The molecule has 0 radical (unpaired) electrons. The van der Waals surface area contributed by atoms with Gasteiger partial charge in [-0.05, 0) is 42.7 Å². The standard InChI is InChI=1S/C17H19F2NO/c1-12(9-14-5-3-4-6-17(14)21-2)20-11-13-7-8-15(18)16(19)10-13/h3-8,10,12,20H,9,11H2,1-2H3. The molecule has 2 rings (SSSR count). The van der Waals surface area contributed by atoms with E-state index in [4.69, 9.17) is 4.74 Å². The summed E-state index contributed by atoms with van der Waals surface area (Å²) in [6.07, 6.45) is 0.799. The third-order valence-corrected chi connectivity index (χ3v) is 3.36. The maximum atomic E-state index is 13.1. The fourth-order valence-electron chi connectivity index (χ4n) is 2.22. The Labute approximate surface area is 123 Å². The van der Waals surface area contributed by atoms with Crippen molar-refractivity contribution in [3.63, 3.8) is 0 Å². The number of hydrogen-bond donors (Lipinski definition) is 1. The third kappa shape index (κ3) is 4.26. The monoisotopic (exact) mass is 291 g/mol. The zero-order chi connectivity index (χ0) is 15.2. The van der Waals surface area contributed by atoms with E-state index in [1.165, 1.54) is 6.07 Å². The Morgan fingerprint density at radius 3 is 2.57 bits per heavy atom. The Morgan fingerprint density at radius 1 is 1.10 bits per heavy atom. The number of rotatable bonds is 6. The van der Waals surface area contributed by atoms with Crippen LogP contribution in [0.15, 0.2) is 42.5 Å². The highest BCUT2D eigenvalue weighted by Gasteiger charge is 2.08. The van der Waals surface area contributed by atoms with E-state index >= 15 is 0 Å². The van der Waals surface area contributed by atoms with Crippen molar-refractivity contribution >= 4 is 0 Å². The second kappa shape index (κ2) is 7.18. The fraction of sp³-hybridized carbons (Fsp3) is 0.294. The van der Waals surface area contributed by atoms with Crippen LogP contribution in [-0.2, 0) is 13.0 Å². The second-order valence-corrected chi connectivity index (χ2v) is 5.05. The molecule has 0 fully saturated rings. The van der Waals surface area contributed by atoms with Crippen LogP contribution >= 0.6 is 0 Å². The Morgan fingerprint density at radius 2 is 1.86 bits per heavy atom. The van der Waals surface area contributed by atoms with Crippen molar-refractivity contribution in [1.29, 1.82) is 0 Å². The molecule has 112 valence electrons. The summed E-state index contributed by atoms with van der Waals surface area (Å²) in [5.41, 5.74) is 1.84. The Hall–Kier alpha value is -1.94. The molecule has 0 spiro atoms. The highest BCUT2D eigenvalue weighted by molar-refractivity contribution is 5.33. The third-order valence-electron chi connectivity index (χ3n) is 3.36. The zero-order valence-electron chi connectivity index (χ0n) is 12.2. The number of nitrogens with one attached hydrogen (secondary N) is 1. The molecule has 1 atom stereocenters. The van der Waals surface area contributed by atoms with E-state index in [0.29, 0.717) is 6.54 Å². The largest absolute Gasteiger partial charge is 0.496 e. The lowest BCUT2D eigenvalue weighted by Crippen LogP contribution is -2.27. The summed E-state index contributed by atoms with van der Waals surface area (Å²) in [5.74, 6) is -0.772. The van der Waals surface area contributed by atoms with Gasteiger partial charge < -0.3 is 10.1 Å². The maximum absolute atomic E-state index is 13.1. The summed E-state index contributed by atoms with van der Waals surface area (Å²) >= 11 is 0. The molecule has 0 heterocycles. The van der Waals surface area contributed by atoms with Crippen LogP contribution in [0.3, 0.4) is 0 Å². The van der Waals surface area contributed by atoms with Gasteiger partial charge in [0, 0.05) is 12.6 Å². The topological polar surface area (TPSA) is 21.3 Å². The lowest BCUT2D eigenvalue weighted by atomic mass is 10.1. The molecular formula is C17H19F2NO. The first kappa shape index (κ1) is 15.4. The Balaban J connectivity index is 1.92. The summed E-state index contributed by atoms with van der Waals surface area (Å²) in [6.45, 7) is 2.54. The van der Waals surface area contributed by atoms with Gasteiger partial charge in [-0.25, -0.2) is 8.78 Å². The first-order chi connectivity index (χ1) is 10.1. The van der Waals surface area contributed by atoms with E-state index < -0.39 is 11.6 Å². The van der Waals surface area contributed by atoms with E-state index in [1.54, 1.807) is 13.2 Å². The van der Waals surface area contributed by atoms with Gasteiger partial charge in [0.1, 0.15) is 5.75 Å². The average molecular weight is 291 g/mol. The van der Waals surface area contributed by atoms with Crippen molar-refractivity contribution in [3.05, 3.63) is 65.2 Å². The molecule has 0 saturated carbocycles. The maximum Gasteiger partial charge on any atom is 0.159 e. The van der Waals surface area contributed by atoms with Crippen LogP contribution < -0.4 is 10.1 Å². The molecule has 21 heavy (non-hydrogen) atoms. The van der Waals surface area contributed by atoms with E-state index in [9.17, 15) is 8.78 Å². The molecule has 0 aliphatic heterocycles. The van der Waals surface area contributed by atoms with Crippen LogP contribution in [-0.4, -0.2) is 13.2 Å². The Bertz CT molecular complexity index is 601. The van der Waals surface area contributed by atoms with Gasteiger partial charge in [-0.15, -0.1) is 0 Å². The van der Waals surface area contributed by atoms with Crippen molar-refractivity contribution in [1.82, 2.24) is 5.32 Å². The molecule has 0 bridgehead atoms. The van der Waals surface area contributed by atoms with E-state index in [-0.39, 0.29) is 6.04 Å². The van der Waals surface area contributed by atoms with Crippen LogP contribution in [0.2, 0.25) is 0 Å². The quantitative estimate of drug-likeness (QED) is 0.876. The number of ether oxygens (including phenoxy) is 1. The summed E-state index contributed by atoms with van der Waals surface area (Å²) in [6, 6.07) is 12.0. The molecule has 2 aromatic rings. The molecule has 0 aliphatic rings. The van der Waals surface area contributed by atoms with Crippen molar-refractivity contribution in [3.8, 4) is 5.75 Å². The molecule has 1 unspecified atom stereocenters. The van der Waals surface area contributed by atoms with Gasteiger partial charge in [0.15, 0.2) is 11.6 Å². The van der Waals surface area contributed by atoms with Crippen LogP contribution in [0.25, 0.3) is 0 Å². The molecule has 0 aliphatic carbocycles. The first-order valence-corrected chi connectivity index (χ1v) is 6.89. The first-order valence-electron chi connectivity index (χ1n) is 6.89. The fourth-order valence-corrected chi connectivity index (χ4v) is 2.22. The zero-order valence-corrected chi connectivity index (χ0v) is 12.2. The molecule has 1 N–H and O–H groups in total. The summed E-state index contributed by atoms with van der Waals surface area (Å²) < 4.78 is 31.3. The molecular weight excluding hydrogens is 272 g/mol. The predicted octanol–water partition coefficient (Wildman–Crippen LogP) is 3.69. The van der Waals surface area contributed by atoms with Crippen LogP contribution in [0.1, 0.15) is 18.1 Å². The SMILES string of the molecule is COc1ccccc1CC(C)NCc1ccc(F)c(F)c1. The number of hydrogen-bond acceptors (Lipinski definition) is 2. The number of para-hydroxylation sites is 1. The lowest BCUT2D eigenvalue weighted by molar-refractivity contribution is 0.406. The van der Waals surface area contributed by atoms with Gasteiger partial charge in [-0.3, -0.25) is 0 Å². The normalized spacial score (nSPS) is 12.2. The van der Waals surface area contributed by atoms with Crippen LogP contribution in [0, 0.1) is 11.6 Å².